The fourth-order valence-corrected chi connectivity index (χ4v) is 2.67. The number of likely N-dealkylation sites (tertiary alicyclic amines) is 1. The third kappa shape index (κ3) is 3.73. The molecule has 1 aliphatic heterocycles. The highest BCUT2D eigenvalue weighted by molar-refractivity contribution is 5.89. The standard InChI is InChI=1S/C16H23N3O/c20-16(18-15-4-2-1-3-5-15)19-10-8-14(9-11-19)17-12-13-6-7-13/h1-5,13-14,17H,6-12H2,(H,18,20). The van der Waals surface area contributed by atoms with Crippen molar-refractivity contribution in [2.45, 2.75) is 31.7 Å². The molecule has 0 aromatic heterocycles. The zero-order valence-corrected chi connectivity index (χ0v) is 11.8. The summed E-state index contributed by atoms with van der Waals surface area (Å²) in [6.07, 6.45) is 4.92. The van der Waals surface area contributed by atoms with Crippen molar-refractivity contribution >= 4 is 11.7 Å². The number of benzene rings is 1. The second kappa shape index (κ2) is 6.27. The minimum absolute atomic E-state index is 0.0249. The smallest absolute Gasteiger partial charge is 0.321 e. The summed E-state index contributed by atoms with van der Waals surface area (Å²) in [7, 11) is 0. The number of piperidine rings is 1. The van der Waals surface area contributed by atoms with Crippen LogP contribution in [0.15, 0.2) is 30.3 Å². The number of anilines is 1. The Morgan fingerprint density at radius 2 is 1.80 bits per heavy atom. The Balaban J connectivity index is 1.41. The van der Waals surface area contributed by atoms with Crippen molar-refractivity contribution < 1.29 is 4.79 Å². The molecule has 1 heterocycles. The molecule has 2 N–H and O–H groups in total. The van der Waals surface area contributed by atoms with Crippen molar-refractivity contribution in [2.24, 2.45) is 5.92 Å². The van der Waals surface area contributed by atoms with Gasteiger partial charge in [-0.05, 0) is 50.3 Å². The summed E-state index contributed by atoms with van der Waals surface area (Å²) in [5.41, 5.74) is 0.867. The molecule has 1 aromatic rings. The molecule has 1 saturated carbocycles. The van der Waals surface area contributed by atoms with Crippen LogP contribution in [0.3, 0.4) is 0 Å². The van der Waals surface area contributed by atoms with E-state index in [2.05, 4.69) is 10.6 Å². The summed E-state index contributed by atoms with van der Waals surface area (Å²) in [5.74, 6) is 0.925. The van der Waals surface area contributed by atoms with Gasteiger partial charge in [0.05, 0.1) is 0 Å². The first kappa shape index (κ1) is 13.4. The fourth-order valence-electron chi connectivity index (χ4n) is 2.67. The minimum Gasteiger partial charge on any atom is -0.324 e. The van der Waals surface area contributed by atoms with E-state index in [-0.39, 0.29) is 6.03 Å². The maximum Gasteiger partial charge on any atom is 0.321 e. The van der Waals surface area contributed by atoms with Crippen LogP contribution in [0.1, 0.15) is 25.7 Å². The number of hydrogen-bond acceptors (Lipinski definition) is 2. The molecule has 0 unspecified atom stereocenters. The van der Waals surface area contributed by atoms with Gasteiger partial charge in [0.2, 0.25) is 0 Å². The van der Waals surface area contributed by atoms with Crippen molar-refractivity contribution in [2.75, 3.05) is 25.0 Å². The average molecular weight is 273 g/mol. The predicted molar refractivity (Wildman–Crippen MR) is 80.8 cm³/mol. The van der Waals surface area contributed by atoms with Crippen molar-refractivity contribution in [3.05, 3.63) is 30.3 Å². The Morgan fingerprint density at radius 1 is 1.10 bits per heavy atom. The molecule has 108 valence electrons. The predicted octanol–water partition coefficient (Wildman–Crippen LogP) is 2.68. The van der Waals surface area contributed by atoms with Gasteiger partial charge in [-0.2, -0.15) is 0 Å². The van der Waals surface area contributed by atoms with E-state index in [4.69, 9.17) is 0 Å². The number of nitrogens with one attached hydrogen (secondary N) is 2. The molecule has 20 heavy (non-hydrogen) atoms. The summed E-state index contributed by atoms with van der Waals surface area (Å²) in [6.45, 7) is 2.86. The normalized spacial score (nSPS) is 19.9. The second-order valence-corrected chi connectivity index (χ2v) is 5.91. The monoisotopic (exact) mass is 273 g/mol. The van der Waals surface area contributed by atoms with Gasteiger partial charge < -0.3 is 15.5 Å². The van der Waals surface area contributed by atoms with Crippen LogP contribution in [0.2, 0.25) is 0 Å². The summed E-state index contributed by atoms with van der Waals surface area (Å²) in [4.78, 5) is 14.1. The molecule has 0 atom stereocenters. The van der Waals surface area contributed by atoms with Crippen LogP contribution in [0.4, 0.5) is 10.5 Å². The average Bonchev–Trinajstić information content (AvgIpc) is 3.31. The van der Waals surface area contributed by atoms with Gasteiger partial charge in [-0.25, -0.2) is 4.79 Å². The Morgan fingerprint density at radius 3 is 2.45 bits per heavy atom. The Hall–Kier alpha value is -1.55. The first-order valence-electron chi connectivity index (χ1n) is 7.65. The molecule has 2 aliphatic rings. The number of carbonyl (C=O) groups excluding carboxylic acids is 1. The molecule has 1 aromatic carbocycles. The molecule has 0 bridgehead atoms. The number of amides is 2. The summed E-state index contributed by atoms with van der Waals surface area (Å²) >= 11 is 0. The first-order valence-corrected chi connectivity index (χ1v) is 7.65. The molecule has 1 aliphatic carbocycles. The molecule has 2 fully saturated rings. The van der Waals surface area contributed by atoms with Gasteiger partial charge in [0, 0.05) is 24.8 Å². The van der Waals surface area contributed by atoms with Crippen LogP contribution >= 0.6 is 0 Å². The number of nitrogens with zero attached hydrogens (tertiary/aromatic N) is 1. The van der Waals surface area contributed by atoms with Gasteiger partial charge in [-0.3, -0.25) is 0 Å². The van der Waals surface area contributed by atoms with Crippen LogP contribution in [-0.2, 0) is 0 Å². The molecule has 1 saturated heterocycles. The van der Waals surface area contributed by atoms with Crippen LogP contribution < -0.4 is 10.6 Å². The van der Waals surface area contributed by atoms with E-state index < -0.39 is 0 Å². The number of rotatable bonds is 4. The Kier molecular flexibility index (Phi) is 4.21. The van der Waals surface area contributed by atoms with E-state index in [9.17, 15) is 4.79 Å². The van der Waals surface area contributed by atoms with E-state index in [0.29, 0.717) is 6.04 Å². The van der Waals surface area contributed by atoms with Crippen LogP contribution in [-0.4, -0.2) is 36.6 Å². The third-order valence-electron chi connectivity index (χ3n) is 4.20. The molecule has 2 amide bonds. The van der Waals surface area contributed by atoms with Gasteiger partial charge in [-0.1, -0.05) is 18.2 Å². The number of hydrogen-bond donors (Lipinski definition) is 2. The maximum absolute atomic E-state index is 12.1. The molecule has 0 radical (unpaired) electrons. The van der Waals surface area contributed by atoms with E-state index in [1.807, 2.05) is 35.2 Å². The zero-order chi connectivity index (χ0) is 13.8. The van der Waals surface area contributed by atoms with Gasteiger partial charge >= 0.3 is 6.03 Å². The third-order valence-corrected chi connectivity index (χ3v) is 4.20. The lowest BCUT2D eigenvalue weighted by Crippen LogP contribution is -2.46. The highest BCUT2D eigenvalue weighted by atomic mass is 16.2. The van der Waals surface area contributed by atoms with Crippen LogP contribution in [0, 0.1) is 5.92 Å². The molecule has 0 spiro atoms. The topological polar surface area (TPSA) is 44.4 Å². The van der Waals surface area contributed by atoms with Gasteiger partial charge in [0.1, 0.15) is 0 Å². The lowest BCUT2D eigenvalue weighted by molar-refractivity contribution is 0.189. The van der Waals surface area contributed by atoms with Gasteiger partial charge in [0.25, 0.3) is 0 Å². The summed E-state index contributed by atoms with van der Waals surface area (Å²) in [5, 5.41) is 6.59. The largest absolute Gasteiger partial charge is 0.324 e. The number of carbonyl (C=O) groups is 1. The molecular formula is C16H23N3O. The molecule has 4 nitrogen and oxygen atoms in total. The van der Waals surface area contributed by atoms with Gasteiger partial charge in [-0.15, -0.1) is 0 Å². The van der Waals surface area contributed by atoms with E-state index >= 15 is 0 Å². The second-order valence-electron chi connectivity index (χ2n) is 5.91. The fraction of sp³-hybridized carbons (Fsp3) is 0.562. The van der Waals surface area contributed by atoms with Crippen molar-refractivity contribution in [1.82, 2.24) is 10.2 Å². The summed E-state index contributed by atoms with van der Waals surface area (Å²) < 4.78 is 0. The number of para-hydroxylation sites is 1. The summed E-state index contributed by atoms with van der Waals surface area (Å²) in [6, 6.07) is 10.3. The molecular weight excluding hydrogens is 250 g/mol. The first-order chi connectivity index (χ1) is 9.81. The lowest BCUT2D eigenvalue weighted by Gasteiger charge is -2.32. The van der Waals surface area contributed by atoms with Crippen molar-refractivity contribution in [3.63, 3.8) is 0 Å². The van der Waals surface area contributed by atoms with Crippen molar-refractivity contribution in [1.29, 1.82) is 0 Å². The molecule has 4 heteroatoms. The zero-order valence-electron chi connectivity index (χ0n) is 11.8. The van der Waals surface area contributed by atoms with Gasteiger partial charge in [0.15, 0.2) is 0 Å². The molecule has 3 rings (SSSR count). The highest BCUT2D eigenvalue weighted by Crippen LogP contribution is 2.28. The Labute approximate surface area is 120 Å². The van der Waals surface area contributed by atoms with Crippen LogP contribution in [0.5, 0.6) is 0 Å². The SMILES string of the molecule is O=C(Nc1ccccc1)N1CCC(NCC2CC2)CC1. The van der Waals surface area contributed by atoms with E-state index in [1.54, 1.807) is 0 Å². The number of urea groups is 1. The van der Waals surface area contributed by atoms with Crippen molar-refractivity contribution in [3.8, 4) is 0 Å². The van der Waals surface area contributed by atoms with Crippen LogP contribution in [0.25, 0.3) is 0 Å². The highest BCUT2D eigenvalue weighted by Gasteiger charge is 2.25. The lowest BCUT2D eigenvalue weighted by atomic mass is 10.1. The minimum atomic E-state index is 0.0249. The Bertz CT molecular complexity index is 436. The maximum atomic E-state index is 12.1. The van der Waals surface area contributed by atoms with E-state index in [1.165, 1.54) is 19.4 Å². The van der Waals surface area contributed by atoms with E-state index in [0.717, 1.165) is 37.5 Å². The quantitative estimate of drug-likeness (QED) is 0.886.